The average molecular weight is 398 g/mol. The van der Waals surface area contributed by atoms with E-state index in [9.17, 15) is 4.79 Å². The molecule has 3 rings (SSSR count). The van der Waals surface area contributed by atoms with Gasteiger partial charge < -0.3 is 9.72 Å². The number of imidazole rings is 1. The van der Waals surface area contributed by atoms with E-state index in [1.165, 1.54) is 0 Å². The Morgan fingerprint density at radius 3 is 2.75 bits per heavy atom. The van der Waals surface area contributed by atoms with Crippen molar-refractivity contribution in [1.82, 2.24) is 9.97 Å². The number of nitrogens with zero attached hydrogens (tertiary/aromatic N) is 2. The number of aromatic amines is 1. The number of thioether (sulfide) groups is 1. The second-order valence-corrected chi connectivity index (χ2v) is 7.56. The van der Waals surface area contributed by atoms with Crippen LogP contribution in [0.15, 0.2) is 42.5 Å². The summed E-state index contributed by atoms with van der Waals surface area (Å²) in [4.78, 5) is 22.7. The van der Waals surface area contributed by atoms with Crippen LogP contribution in [0.2, 0.25) is 0 Å². The van der Waals surface area contributed by atoms with Crippen molar-refractivity contribution < 1.29 is 9.53 Å². The zero-order valence-corrected chi connectivity index (χ0v) is 17.5. The number of carbonyl (C=O) groups excluding carboxylic acids is 1. The van der Waals surface area contributed by atoms with Gasteiger partial charge in [0.1, 0.15) is 12.6 Å². The molecule has 0 aliphatic heterocycles. The fourth-order valence-electron chi connectivity index (χ4n) is 3.22. The Bertz CT molecular complexity index is 905. The zero-order valence-electron chi connectivity index (χ0n) is 16.7. The van der Waals surface area contributed by atoms with Crippen LogP contribution in [0, 0.1) is 6.92 Å². The third-order valence-corrected chi connectivity index (χ3v) is 5.53. The van der Waals surface area contributed by atoms with Gasteiger partial charge in [-0.05, 0) is 43.5 Å². The molecule has 3 aromatic rings. The van der Waals surface area contributed by atoms with Gasteiger partial charge in [0.15, 0.2) is 0 Å². The minimum absolute atomic E-state index is 0.0542. The van der Waals surface area contributed by atoms with Crippen molar-refractivity contribution in [3.63, 3.8) is 0 Å². The highest BCUT2D eigenvalue weighted by molar-refractivity contribution is 7.99. The van der Waals surface area contributed by atoms with E-state index in [0.29, 0.717) is 18.1 Å². The number of fused-ring (bicyclic) bond motifs is 1. The summed E-state index contributed by atoms with van der Waals surface area (Å²) in [5.74, 6) is 1.98. The molecule has 0 spiro atoms. The largest absolute Gasteiger partial charge is 0.361 e. The number of H-pyrrole nitrogens is 1. The van der Waals surface area contributed by atoms with E-state index in [1.807, 2.05) is 50.2 Å². The molecule has 5 nitrogen and oxygen atoms in total. The Labute approximate surface area is 170 Å². The fourth-order valence-corrected chi connectivity index (χ4v) is 3.98. The summed E-state index contributed by atoms with van der Waals surface area (Å²) in [6.07, 6.45) is 0.874. The predicted octanol–water partition coefficient (Wildman–Crippen LogP) is 4.69. The Morgan fingerprint density at radius 2 is 2.00 bits per heavy atom. The summed E-state index contributed by atoms with van der Waals surface area (Å²) in [5, 5.41) is 0. The van der Waals surface area contributed by atoms with Crippen molar-refractivity contribution in [1.29, 1.82) is 0 Å². The first-order valence-corrected chi connectivity index (χ1v) is 10.8. The Hall–Kier alpha value is -2.31. The van der Waals surface area contributed by atoms with Gasteiger partial charge in [0.2, 0.25) is 5.91 Å². The fraction of sp³-hybridized carbons (Fsp3) is 0.364. The van der Waals surface area contributed by atoms with E-state index in [-0.39, 0.29) is 12.6 Å². The smallest absolute Gasteiger partial charge is 0.238 e. The van der Waals surface area contributed by atoms with Crippen LogP contribution in [0.5, 0.6) is 0 Å². The predicted molar refractivity (Wildman–Crippen MR) is 117 cm³/mol. The molecular weight excluding hydrogens is 370 g/mol. The van der Waals surface area contributed by atoms with Crippen molar-refractivity contribution in [2.75, 3.05) is 24.0 Å². The molecule has 0 saturated carbocycles. The van der Waals surface area contributed by atoms with Gasteiger partial charge in [-0.3, -0.25) is 9.69 Å². The molecule has 6 heteroatoms. The number of ether oxygens (including phenoxy) is 1. The highest BCUT2D eigenvalue weighted by Crippen LogP contribution is 2.27. The molecule has 1 amide bonds. The van der Waals surface area contributed by atoms with Crippen LogP contribution in [-0.2, 0) is 21.7 Å². The van der Waals surface area contributed by atoms with Gasteiger partial charge >= 0.3 is 0 Å². The molecule has 1 aromatic heterocycles. The van der Waals surface area contributed by atoms with Gasteiger partial charge in [0.05, 0.1) is 28.2 Å². The number of aryl methyl sites for hydroxylation is 2. The molecule has 1 heterocycles. The number of para-hydroxylation sites is 3. The molecule has 0 radical (unpaired) electrons. The summed E-state index contributed by atoms with van der Waals surface area (Å²) >= 11 is 1.56. The van der Waals surface area contributed by atoms with Crippen LogP contribution in [0.3, 0.4) is 0 Å². The molecular formula is C22H27N3O2S. The number of hydrogen-bond acceptors (Lipinski definition) is 4. The van der Waals surface area contributed by atoms with E-state index in [4.69, 9.17) is 4.74 Å². The molecule has 0 unspecified atom stereocenters. The minimum atomic E-state index is 0.0542. The first-order valence-electron chi connectivity index (χ1n) is 9.62. The lowest BCUT2D eigenvalue weighted by atomic mass is 10.0. The lowest BCUT2D eigenvalue weighted by Crippen LogP contribution is -2.36. The van der Waals surface area contributed by atoms with Crippen molar-refractivity contribution in [2.45, 2.75) is 32.9 Å². The van der Waals surface area contributed by atoms with Crippen LogP contribution < -0.4 is 4.90 Å². The van der Waals surface area contributed by atoms with Gasteiger partial charge in [0.25, 0.3) is 0 Å². The molecule has 0 bridgehead atoms. The standard InChI is InChI=1S/C22H27N3O2S/c1-4-17-10-8-9-16(3)22(17)25(15-27-5-2)21(26)14-28-13-20-23-18-11-6-7-12-19(18)24-20/h6-12H,4-5,13-15H2,1-3H3,(H,23,24). The van der Waals surface area contributed by atoms with Crippen molar-refractivity contribution in [3.05, 3.63) is 59.4 Å². The molecule has 0 aliphatic rings. The summed E-state index contributed by atoms with van der Waals surface area (Å²) in [6.45, 7) is 6.94. The maximum atomic E-state index is 13.0. The maximum absolute atomic E-state index is 13.0. The quantitative estimate of drug-likeness (QED) is 0.532. The number of amides is 1. The Kier molecular flexibility index (Phi) is 7.12. The Morgan fingerprint density at radius 1 is 1.18 bits per heavy atom. The van der Waals surface area contributed by atoms with Crippen LogP contribution in [-0.4, -0.2) is 35.0 Å². The molecule has 148 valence electrons. The van der Waals surface area contributed by atoms with Crippen molar-refractivity contribution in [3.8, 4) is 0 Å². The highest BCUT2D eigenvalue weighted by Gasteiger charge is 2.20. The van der Waals surface area contributed by atoms with Crippen molar-refractivity contribution >= 4 is 34.4 Å². The van der Waals surface area contributed by atoms with Gasteiger partial charge in [0, 0.05) is 6.61 Å². The molecule has 0 atom stereocenters. The maximum Gasteiger partial charge on any atom is 0.238 e. The van der Waals surface area contributed by atoms with E-state index in [1.54, 1.807) is 16.7 Å². The number of nitrogens with one attached hydrogen (secondary N) is 1. The second kappa shape index (κ2) is 9.75. The number of carbonyl (C=O) groups is 1. The van der Waals surface area contributed by atoms with Gasteiger partial charge in [-0.1, -0.05) is 37.3 Å². The Balaban J connectivity index is 1.69. The van der Waals surface area contributed by atoms with Crippen LogP contribution in [0.1, 0.15) is 30.8 Å². The first kappa shape index (κ1) is 20.4. The number of benzene rings is 2. The summed E-state index contributed by atoms with van der Waals surface area (Å²) in [5.41, 5.74) is 5.21. The number of rotatable bonds is 9. The van der Waals surface area contributed by atoms with Gasteiger partial charge in [-0.15, -0.1) is 11.8 Å². The minimum Gasteiger partial charge on any atom is -0.361 e. The molecule has 0 fully saturated rings. The monoisotopic (exact) mass is 397 g/mol. The molecule has 28 heavy (non-hydrogen) atoms. The van der Waals surface area contributed by atoms with E-state index in [0.717, 1.165) is 40.1 Å². The van der Waals surface area contributed by atoms with Crippen LogP contribution >= 0.6 is 11.8 Å². The molecule has 2 aromatic carbocycles. The number of anilines is 1. The topological polar surface area (TPSA) is 58.2 Å². The summed E-state index contributed by atoms with van der Waals surface area (Å²) < 4.78 is 5.61. The van der Waals surface area contributed by atoms with Gasteiger partial charge in [-0.2, -0.15) is 0 Å². The second-order valence-electron chi connectivity index (χ2n) is 6.57. The summed E-state index contributed by atoms with van der Waals surface area (Å²) in [6, 6.07) is 14.1. The van der Waals surface area contributed by atoms with E-state index in [2.05, 4.69) is 23.0 Å². The lowest BCUT2D eigenvalue weighted by Gasteiger charge is -2.26. The third kappa shape index (κ3) is 4.75. The summed E-state index contributed by atoms with van der Waals surface area (Å²) in [7, 11) is 0. The number of hydrogen-bond donors (Lipinski definition) is 1. The highest BCUT2D eigenvalue weighted by atomic mass is 32.2. The third-order valence-electron chi connectivity index (χ3n) is 4.60. The molecule has 0 aliphatic carbocycles. The molecule has 0 saturated heterocycles. The normalized spacial score (nSPS) is 11.1. The number of aromatic nitrogens is 2. The van der Waals surface area contributed by atoms with Crippen molar-refractivity contribution in [2.24, 2.45) is 0 Å². The van der Waals surface area contributed by atoms with Crippen LogP contribution in [0.4, 0.5) is 5.69 Å². The zero-order chi connectivity index (χ0) is 19.9. The van der Waals surface area contributed by atoms with E-state index >= 15 is 0 Å². The van der Waals surface area contributed by atoms with E-state index < -0.39 is 0 Å². The lowest BCUT2D eigenvalue weighted by molar-refractivity contribution is -0.117. The molecule has 1 N–H and O–H groups in total. The average Bonchev–Trinajstić information content (AvgIpc) is 3.12. The SMILES string of the molecule is CCOCN(C(=O)CSCc1nc2ccccc2[nH]1)c1c(C)cccc1CC. The van der Waals surface area contributed by atoms with Gasteiger partial charge in [-0.25, -0.2) is 4.98 Å². The van der Waals surface area contributed by atoms with Crippen LogP contribution in [0.25, 0.3) is 11.0 Å². The first-order chi connectivity index (χ1) is 13.6.